The van der Waals surface area contributed by atoms with Crippen LogP contribution in [0.1, 0.15) is 131 Å². The van der Waals surface area contributed by atoms with Crippen molar-refractivity contribution in [3.63, 3.8) is 0 Å². The number of amides is 3. The van der Waals surface area contributed by atoms with Crippen molar-refractivity contribution >= 4 is 166 Å². The fourth-order valence-electron chi connectivity index (χ4n) is 17.6. The van der Waals surface area contributed by atoms with E-state index in [4.69, 9.17) is 103 Å². The van der Waals surface area contributed by atoms with E-state index >= 15 is 8.78 Å². The van der Waals surface area contributed by atoms with Crippen molar-refractivity contribution in [2.24, 2.45) is 0 Å². The number of hydrogen-bond donors (Lipinski definition) is 3. The lowest BCUT2D eigenvalue weighted by Crippen LogP contribution is -2.54. The first-order valence-electron chi connectivity index (χ1n) is 42.6. The number of rotatable bonds is 15. The van der Waals surface area contributed by atoms with E-state index in [0.29, 0.717) is 56.2 Å². The molecule has 3 amide bonds. The number of carbonyl (C=O) groups is 3. The Kier molecular flexibility index (Phi) is 29.8. The molecule has 0 aliphatic carbocycles. The fourth-order valence-corrected chi connectivity index (χ4v) is 19.2. The van der Waals surface area contributed by atoms with Crippen molar-refractivity contribution in [2.75, 3.05) is 90.8 Å². The standard InChI is InChI=1S/C32H28Cl3F2N7O2.2C32H28Cl2F3N7O2/c1-6-20(45)43-10-9-42(13-16(43)5)30-17-11-19(33)28(21-22(34)24(36)23(35)25(37)26(21)39)41-31(17)44(32(46)18(30)12-38)29-15(4)7-8-40-27(29)14(2)3;2*1-6-20(45)43-10-9-42(13-16(43)5)30-17-11-19(33)28(21-23(35)24(36)22(34)25(37)26(21)39)41-31(17)44(32(46)18(30)12-38)29-15(4)7-8-40-27(29)14(2)3/h3*6-8,11,14,16H,1,9-10,13,39H2,2-5H3/t3*16-/m111/s1. The smallest absolute Gasteiger partial charge is 0.276 e. The minimum absolute atomic E-state index is 0.0138. The van der Waals surface area contributed by atoms with Crippen LogP contribution < -0.4 is 48.6 Å². The van der Waals surface area contributed by atoms with Crippen LogP contribution in [0.15, 0.2) is 107 Å². The number of carbonyl (C=O) groups excluding carboxylic acids is 3. The monoisotopic (exact) mass is 2020 g/mol. The zero-order chi connectivity index (χ0) is 101. The van der Waals surface area contributed by atoms with Gasteiger partial charge in [-0.3, -0.25) is 57.4 Å². The zero-order valence-electron chi connectivity index (χ0n) is 75.8. The first kappa shape index (κ1) is 102. The fraction of sp³-hybridized carbons (Fsp3) is 0.281. The molecule has 42 heteroatoms. The average molecular weight is 2030 g/mol. The van der Waals surface area contributed by atoms with Gasteiger partial charge in [-0.15, -0.1) is 0 Å². The largest absolute Gasteiger partial charge is 0.396 e. The van der Waals surface area contributed by atoms with E-state index in [9.17, 15) is 70.9 Å². The van der Waals surface area contributed by atoms with Gasteiger partial charge in [-0.25, -0.2) is 50.1 Å². The number of nitriles is 3. The Bertz CT molecular complexity index is 6790. The molecule has 3 aliphatic rings. The molecule has 9 aromatic heterocycles. The van der Waals surface area contributed by atoms with Crippen LogP contribution in [0.5, 0.6) is 0 Å². The van der Waals surface area contributed by atoms with Crippen LogP contribution in [-0.4, -0.2) is 153 Å². The highest BCUT2D eigenvalue weighted by atomic mass is 35.5. The zero-order valence-corrected chi connectivity index (χ0v) is 81.1. The van der Waals surface area contributed by atoms with Gasteiger partial charge in [0.15, 0.2) is 46.5 Å². The van der Waals surface area contributed by atoms with E-state index < -0.39 is 123 Å². The number of piperazine rings is 3. The molecule has 0 saturated carbocycles. The van der Waals surface area contributed by atoms with Crippen molar-refractivity contribution in [1.29, 1.82) is 15.8 Å². The number of nitrogen functional groups attached to an aromatic ring is 3. The summed E-state index contributed by atoms with van der Waals surface area (Å²) in [5.74, 6) is -13.2. The predicted molar refractivity (Wildman–Crippen MR) is 521 cm³/mol. The number of nitrogens with two attached hydrogens (primary N) is 3. The third-order valence-corrected chi connectivity index (χ3v) is 26.4. The van der Waals surface area contributed by atoms with Crippen LogP contribution in [-0.2, 0) is 14.4 Å². The quantitative estimate of drug-likeness (QED) is 0.0282. The lowest BCUT2D eigenvalue weighted by molar-refractivity contribution is -0.129. The van der Waals surface area contributed by atoms with Crippen molar-refractivity contribution in [3.05, 3.63) is 256 Å². The van der Waals surface area contributed by atoms with Gasteiger partial charge in [-0.2, -0.15) is 15.8 Å². The maximum atomic E-state index is 15.4. The molecule has 12 aromatic rings. The van der Waals surface area contributed by atoms with Gasteiger partial charge in [0, 0.05) is 117 Å². The molecule has 0 unspecified atom stereocenters. The third-order valence-electron chi connectivity index (χ3n) is 24.2. The summed E-state index contributed by atoms with van der Waals surface area (Å²) in [6.45, 7) is 35.0. The predicted octanol–water partition coefficient (Wildman–Crippen LogP) is 19.4. The maximum absolute atomic E-state index is 15.4. The van der Waals surface area contributed by atoms with E-state index in [0.717, 1.165) is 0 Å². The summed E-state index contributed by atoms with van der Waals surface area (Å²) in [5.41, 5.74) is 14.5. The van der Waals surface area contributed by atoms with Gasteiger partial charge in [-0.1, -0.05) is 142 Å². The van der Waals surface area contributed by atoms with Crippen LogP contribution in [0.2, 0.25) is 35.2 Å². The molecule has 0 radical (unpaired) electrons. The third kappa shape index (κ3) is 17.7. The highest BCUT2D eigenvalue weighted by Crippen LogP contribution is 2.49. The second-order valence-corrected chi connectivity index (χ2v) is 36.5. The molecular formula is C96H84Cl7F8N21O6. The molecule has 714 valence electrons. The summed E-state index contributed by atoms with van der Waals surface area (Å²) in [4.78, 5) is 118. The number of hydrogen-bond acceptors (Lipinski definition) is 21. The topological polar surface area (TPSA) is 363 Å². The summed E-state index contributed by atoms with van der Waals surface area (Å²) in [5, 5.41) is 27.6. The number of nitrogens with zero attached hydrogens (tertiary/aromatic N) is 18. The van der Waals surface area contributed by atoms with Gasteiger partial charge in [0.1, 0.15) is 66.9 Å². The number of benzene rings is 3. The second-order valence-electron chi connectivity index (χ2n) is 33.8. The Morgan fingerprint density at radius 3 is 0.899 bits per heavy atom. The van der Waals surface area contributed by atoms with Gasteiger partial charge in [-0.05, 0) is 131 Å². The first-order chi connectivity index (χ1) is 65.2. The van der Waals surface area contributed by atoms with Gasteiger partial charge in [0.2, 0.25) is 17.7 Å². The number of aryl methyl sites for hydroxylation is 3. The normalized spacial score (nSPS) is 15.0. The number of fused-ring (bicyclic) bond motifs is 3. The summed E-state index contributed by atoms with van der Waals surface area (Å²) < 4.78 is 123. The molecule has 3 aromatic carbocycles. The Morgan fingerprint density at radius 1 is 0.399 bits per heavy atom. The van der Waals surface area contributed by atoms with E-state index in [1.807, 2.05) is 79.4 Å². The molecule has 3 aliphatic heterocycles. The molecule has 3 atom stereocenters. The van der Waals surface area contributed by atoms with Gasteiger partial charge in [0.05, 0.1) is 117 Å². The molecule has 3 saturated heterocycles. The molecule has 6 N–H and O–H groups in total. The first-order valence-corrected chi connectivity index (χ1v) is 45.2. The molecule has 0 spiro atoms. The van der Waals surface area contributed by atoms with E-state index in [2.05, 4.69) is 50.7 Å². The molecular weight excluding hydrogens is 1940 g/mol. The van der Waals surface area contributed by atoms with Crippen molar-refractivity contribution in [2.45, 2.75) is 119 Å². The summed E-state index contributed by atoms with van der Waals surface area (Å²) >= 11 is 43.4. The van der Waals surface area contributed by atoms with Crippen LogP contribution in [0.4, 0.5) is 69.2 Å². The average Bonchev–Trinajstić information content (AvgIpc) is 0.726. The number of halogens is 15. The Labute approximate surface area is 819 Å². The minimum Gasteiger partial charge on any atom is -0.396 e. The lowest BCUT2D eigenvalue weighted by Gasteiger charge is -2.41. The molecule has 138 heavy (non-hydrogen) atoms. The van der Waals surface area contributed by atoms with Crippen LogP contribution >= 0.6 is 81.2 Å². The summed E-state index contributed by atoms with van der Waals surface area (Å²) in [6.07, 6.45) is 8.43. The van der Waals surface area contributed by atoms with Gasteiger partial charge in [0.25, 0.3) is 16.7 Å². The Balaban J connectivity index is 0.000000175. The molecule has 0 bridgehead atoms. The van der Waals surface area contributed by atoms with E-state index in [1.54, 1.807) is 82.1 Å². The maximum Gasteiger partial charge on any atom is 0.276 e. The highest BCUT2D eigenvalue weighted by molar-refractivity contribution is 6.40. The molecule has 12 heterocycles. The van der Waals surface area contributed by atoms with Crippen molar-refractivity contribution in [1.82, 2.24) is 58.3 Å². The van der Waals surface area contributed by atoms with E-state index in [-0.39, 0.29) is 200 Å². The number of aromatic nitrogens is 9. The SMILES string of the molecule is C=CC(=O)N1CCN(c2c(C#N)c(=O)n(-c3c(C)ccnc3C(C)C)c3nc(-c4c(N)c(F)c(Cl)c(F)c4Cl)c(Cl)cc23)C[C@H]1C.C=CC(=O)N1CCN(c2c(C#N)c(=O)n(-c3c(C)ccnc3C(C)C)c3nc(-c4c(N)c(F)c(Cl)c(F)c4F)c(Cl)cc23)C[C@H]1C.C=CC(=O)N1CCN(c2c(C#N)c(=O)n(-c3c(C)ccnc3C(C)C)c3nc(-c4c(N)c(F)c(Cl)c(F)c4F)c(Cl)cc23)C[C@H]1C. The summed E-state index contributed by atoms with van der Waals surface area (Å²) in [7, 11) is 0. The highest BCUT2D eigenvalue weighted by Gasteiger charge is 2.40. The van der Waals surface area contributed by atoms with Gasteiger partial charge < -0.3 is 46.6 Å². The second kappa shape index (κ2) is 40.3. The molecule has 3 fully saturated rings. The van der Waals surface area contributed by atoms with Crippen LogP contribution in [0.25, 0.3) is 83.9 Å². The van der Waals surface area contributed by atoms with Crippen LogP contribution in [0, 0.1) is 101 Å². The molecule has 27 nitrogen and oxygen atoms in total. The van der Waals surface area contributed by atoms with Gasteiger partial charge >= 0.3 is 0 Å². The Morgan fingerprint density at radius 2 is 0.652 bits per heavy atom. The van der Waals surface area contributed by atoms with Crippen molar-refractivity contribution in [3.8, 4) is 69.0 Å². The number of anilines is 6. The number of pyridine rings is 9. The summed E-state index contributed by atoms with van der Waals surface area (Å²) in [6, 6.07) is 14.4. The lowest BCUT2D eigenvalue weighted by atomic mass is 10.0. The Hall–Kier alpha value is -13.4. The van der Waals surface area contributed by atoms with E-state index in [1.165, 1.54) is 50.1 Å². The van der Waals surface area contributed by atoms with Crippen molar-refractivity contribution < 1.29 is 49.5 Å². The minimum atomic E-state index is -1.69. The van der Waals surface area contributed by atoms with Crippen LogP contribution in [0.3, 0.4) is 0 Å². The molecule has 15 rings (SSSR count).